The molecule has 0 saturated heterocycles. The van der Waals surface area contributed by atoms with Crippen LogP contribution in [0.2, 0.25) is 0 Å². The lowest BCUT2D eigenvalue weighted by molar-refractivity contribution is 0.186. The maximum atomic E-state index is 11.9. The third-order valence-corrected chi connectivity index (χ3v) is 3.70. The smallest absolute Gasteiger partial charge is 0.330 e. The number of methoxy groups -OCH3 is 1. The quantitative estimate of drug-likeness (QED) is 0.639. The number of hydrogen-bond donors (Lipinski definition) is 3. The minimum absolute atomic E-state index is 0.127. The predicted molar refractivity (Wildman–Crippen MR) is 83.7 cm³/mol. The van der Waals surface area contributed by atoms with Gasteiger partial charge in [-0.15, -0.1) is 0 Å². The van der Waals surface area contributed by atoms with E-state index in [4.69, 9.17) is 10.5 Å². The first-order valence-corrected chi connectivity index (χ1v) is 7.81. The SMILES string of the molecule is CCC(CSC)Nc1c(N)n(CCOC)c(=O)[nH]c1=O. The second-order valence-electron chi connectivity index (χ2n) is 4.37. The lowest BCUT2D eigenvalue weighted by Gasteiger charge is -2.19. The van der Waals surface area contributed by atoms with Gasteiger partial charge in [-0.3, -0.25) is 14.3 Å². The summed E-state index contributed by atoms with van der Waals surface area (Å²) in [4.78, 5) is 25.9. The lowest BCUT2D eigenvalue weighted by Crippen LogP contribution is -2.37. The number of thioether (sulfide) groups is 1. The summed E-state index contributed by atoms with van der Waals surface area (Å²) in [6.07, 6.45) is 2.86. The van der Waals surface area contributed by atoms with Gasteiger partial charge in [0.15, 0.2) is 0 Å². The van der Waals surface area contributed by atoms with Crippen LogP contribution in [0.3, 0.4) is 0 Å². The van der Waals surface area contributed by atoms with Gasteiger partial charge in [0.05, 0.1) is 13.2 Å². The molecule has 0 aliphatic carbocycles. The molecule has 0 aliphatic rings. The second kappa shape index (κ2) is 8.01. The Morgan fingerprint density at radius 3 is 2.75 bits per heavy atom. The highest BCUT2D eigenvalue weighted by Crippen LogP contribution is 2.14. The zero-order valence-corrected chi connectivity index (χ0v) is 12.9. The van der Waals surface area contributed by atoms with E-state index in [9.17, 15) is 9.59 Å². The van der Waals surface area contributed by atoms with Crippen LogP contribution in [-0.2, 0) is 11.3 Å². The molecule has 114 valence electrons. The fourth-order valence-corrected chi connectivity index (χ4v) is 2.52. The molecule has 1 atom stereocenters. The molecule has 0 amide bonds. The van der Waals surface area contributed by atoms with Gasteiger partial charge in [-0.05, 0) is 12.7 Å². The van der Waals surface area contributed by atoms with Crippen LogP contribution < -0.4 is 22.3 Å². The van der Waals surface area contributed by atoms with Crippen molar-refractivity contribution in [1.82, 2.24) is 9.55 Å². The van der Waals surface area contributed by atoms with Gasteiger partial charge in [-0.1, -0.05) is 6.92 Å². The van der Waals surface area contributed by atoms with Gasteiger partial charge < -0.3 is 15.8 Å². The number of nitrogens with one attached hydrogen (secondary N) is 2. The molecule has 7 nitrogen and oxygen atoms in total. The fourth-order valence-electron chi connectivity index (χ4n) is 1.80. The zero-order valence-electron chi connectivity index (χ0n) is 12.1. The van der Waals surface area contributed by atoms with E-state index < -0.39 is 11.2 Å². The fraction of sp³-hybridized carbons (Fsp3) is 0.667. The van der Waals surface area contributed by atoms with Gasteiger partial charge in [0, 0.05) is 18.9 Å². The molecule has 4 N–H and O–H groups in total. The molecule has 0 saturated carbocycles. The van der Waals surface area contributed by atoms with Gasteiger partial charge >= 0.3 is 5.69 Å². The number of rotatable bonds is 8. The number of nitrogens with two attached hydrogens (primary N) is 1. The highest BCUT2D eigenvalue weighted by atomic mass is 32.2. The molecular weight excluding hydrogens is 280 g/mol. The number of nitrogens with zero attached hydrogens (tertiary/aromatic N) is 1. The average Bonchev–Trinajstić information content (AvgIpc) is 2.42. The molecule has 1 rings (SSSR count). The standard InChI is InChI=1S/C12H22N4O3S/c1-4-8(7-20-3)14-9-10(13)16(5-6-19-2)12(18)15-11(9)17/h8,14H,4-7,13H2,1-3H3,(H,15,17,18). The molecule has 1 unspecified atom stereocenters. The third kappa shape index (κ3) is 4.04. The third-order valence-electron chi connectivity index (χ3n) is 2.97. The van der Waals surface area contributed by atoms with E-state index in [0.717, 1.165) is 12.2 Å². The number of H-pyrrole nitrogens is 1. The molecular formula is C12H22N4O3S. The van der Waals surface area contributed by atoms with Crippen molar-refractivity contribution in [2.75, 3.05) is 36.8 Å². The van der Waals surface area contributed by atoms with Crippen LogP contribution in [-0.4, -0.2) is 41.3 Å². The Balaban J connectivity index is 3.12. The van der Waals surface area contributed by atoms with E-state index >= 15 is 0 Å². The summed E-state index contributed by atoms with van der Waals surface area (Å²) in [7, 11) is 1.54. The highest BCUT2D eigenvalue weighted by molar-refractivity contribution is 7.98. The summed E-state index contributed by atoms with van der Waals surface area (Å²) < 4.78 is 6.24. The highest BCUT2D eigenvalue weighted by Gasteiger charge is 2.15. The number of aromatic amines is 1. The Labute approximate surface area is 121 Å². The number of hydrogen-bond acceptors (Lipinski definition) is 6. The van der Waals surface area contributed by atoms with E-state index in [2.05, 4.69) is 10.3 Å². The summed E-state index contributed by atoms with van der Waals surface area (Å²) in [5.41, 5.74) is 5.19. The molecule has 0 aromatic carbocycles. The monoisotopic (exact) mass is 302 g/mol. The Morgan fingerprint density at radius 2 is 2.20 bits per heavy atom. The first kappa shape index (κ1) is 16.6. The average molecular weight is 302 g/mol. The molecule has 0 fully saturated rings. The molecule has 0 bridgehead atoms. The van der Waals surface area contributed by atoms with Gasteiger partial charge in [-0.25, -0.2) is 4.79 Å². The minimum atomic E-state index is -0.520. The van der Waals surface area contributed by atoms with Crippen molar-refractivity contribution in [3.8, 4) is 0 Å². The molecule has 20 heavy (non-hydrogen) atoms. The van der Waals surface area contributed by atoms with E-state index in [-0.39, 0.29) is 17.5 Å². The molecule has 0 radical (unpaired) electrons. The number of anilines is 2. The van der Waals surface area contributed by atoms with Crippen LogP contribution in [0.4, 0.5) is 11.5 Å². The Morgan fingerprint density at radius 1 is 1.50 bits per heavy atom. The van der Waals surface area contributed by atoms with E-state index in [1.807, 2.05) is 13.2 Å². The van der Waals surface area contributed by atoms with Crippen molar-refractivity contribution in [3.05, 3.63) is 20.8 Å². The van der Waals surface area contributed by atoms with Gasteiger partial charge in [-0.2, -0.15) is 11.8 Å². The Bertz CT molecular complexity index is 540. The van der Waals surface area contributed by atoms with Gasteiger partial charge in [0.1, 0.15) is 11.5 Å². The Hall–Kier alpha value is -1.41. The maximum Gasteiger partial charge on any atom is 0.330 e. The van der Waals surface area contributed by atoms with Crippen LogP contribution >= 0.6 is 11.8 Å². The van der Waals surface area contributed by atoms with E-state index in [1.165, 1.54) is 11.7 Å². The lowest BCUT2D eigenvalue weighted by atomic mass is 10.2. The summed E-state index contributed by atoms with van der Waals surface area (Å²) in [6.45, 7) is 2.67. The van der Waals surface area contributed by atoms with E-state index in [0.29, 0.717) is 13.2 Å². The van der Waals surface area contributed by atoms with Crippen LogP contribution in [0.5, 0.6) is 0 Å². The first-order chi connectivity index (χ1) is 9.54. The molecule has 0 aliphatic heterocycles. The summed E-state index contributed by atoms with van der Waals surface area (Å²) in [5.74, 6) is 1.00. The van der Waals surface area contributed by atoms with Crippen LogP contribution in [0.25, 0.3) is 0 Å². The summed E-state index contributed by atoms with van der Waals surface area (Å²) in [5, 5.41) is 3.12. The van der Waals surface area contributed by atoms with Crippen LogP contribution in [0.1, 0.15) is 13.3 Å². The number of ether oxygens (including phenoxy) is 1. The first-order valence-electron chi connectivity index (χ1n) is 6.42. The minimum Gasteiger partial charge on any atom is -0.383 e. The normalized spacial score (nSPS) is 12.3. The molecule has 8 heteroatoms. The van der Waals surface area contributed by atoms with Crippen molar-refractivity contribution in [2.24, 2.45) is 0 Å². The molecule has 1 heterocycles. The number of aromatic nitrogens is 2. The molecule has 0 spiro atoms. The summed E-state index contributed by atoms with van der Waals surface area (Å²) in [6, 6.07) is 0.127. The van der Waals surface area contributed by atoms with Crippen molar-refractivity contribution in [3.63, 3.8) is 0 Å². The largest absolute Gasteiger partial charge is 0.383 e. The predicted octanol–water partition coefficient (Wildman–Crippen LogP) is 0.319. The van der Waals surface area contributed by atoms with Crippen molar-refractivity contribution in [2.45, 2.75) is 25.9 Å². The number of nitrogen functional groups attached to an aromatic ring is 1. The Kier molecular flexibility index (Phi) is 6.66. The second-order valence-corrected chi connectivity index (χ2v) is 5.28. The van der Waals surface area contributed by atoms with Crippen molar-refractivity contribution < 1.29 is 4.74 Å². The maximum absolute atomic E-state index is 11.9. The molecule has 1 aromatic heterocycles. The zero-order chi connectivity index (χ0) is 15.1. The van der Waals surface area contributed by atoms with Crippen molar-refractivity contribution in [1.29, 1.82) is 0 Å². The topological polar surface area (TPSA) is 102 Å². The van der Waals surface area contributed by atoms with Crippen LogP contribution in [0, 0.1) is 0 Å². The molecule has 1 aromatic rings. The van der Waals surface area contributed by atoms with Crippen molar-refractivity contribution >= 4 is 23.3 Å². The van der Waals surface area contributed by atoms with Gasteiger partial charge in [0.25, 0.3) is 5.56 Å². The summed E-state index contributed by atoms with van der Waals surface area (Å²) >= 11 is 1.68. The van der Waals surface area contributed by atoms with Crippen LogP contribution in [0.15, 0.2) is 9.59 Å². The van der Waals surface area contributed by atoms with E-state index in [1.54, 1.807) is 11.8 Å². The van der Waals surface area contributed by atoms with Gasteiger partial charge in [0.2, 0.25) is 0 Å².